The van der Waals surface area contributed by atoms with Gasteiger partial charge in [0.05, 0.1) is 6.54 Å². The minimum absolute atomic E-state index is 0.0715. The third kappa shape index (κ3) is 3.01. The molecule has 1 aliphatic rings. The number of rotatable bonds is 4. The molecule has 19 heavy (non-hydrogen) atoms. The van der Waals surface area contributed by atoms with Crippen molar-refractivity contribution in [1.29, 1.82) is 0 Å². The molecular weight excluding hydrogens is 310 g/mol. The van der Waals surface area contributed by atoms with Gasteiger partial charge in [0.15, 0.2) is 0 Å². The molecule has 3 rings (SSSR count). The van der Waals surface area contributed by atoms with Crippen molar-refractivity contribution in [3.63, 3.8) is 0 Å². The van der Waals surface area contributed by atoms with Crippen LogP contribution < -0.4 is 5.32 Å². The highest BCUT2D eigenvalue weighted by Crippen LogP contribution is 2.28. The molecule has 0 spiro atoms. The first kappa shape index (κ1) is 12.3. The van der Waals surface area contributed by atoms with E-state index in [0.29, 0.717) is 11.8 Å². The summed E-state index contributed by atoms with van der Waals surface area (Å²) in [5, 5.41) is 10.7. The van der Waals surface area contributed by atoms with Gasteiger partial charge in [-0.1, -0.05) is 22.0 Å². The monoisotopic (exact) mass is 321 g/mol. The predicted octanol–water partition coefficient (Wildman–Crippen LogP) is 2.53. The standard InChI is InChI=1S/C13H12BrN3O2/c14-10-3-1-2-9(6-10)13-17-16-11(19-13)7-15-12(18)8-4-5-8/h1-3,6,8H,4-5,7H2,(H,15,18). The van der Waals surface area contributed by atoms with Gasteiger partial charge in [-0.25, -0.2) is 0 Å². The second kappa shape index (κ2) is 5.13. The van der Waals surface area contributed by atoms with Crippen molar-refractivity contribution in [3.05, 3.63) is 34.6 Å². The van der Waals surface area contributed by atoms with Gasteiger partial charge in [-0.15, -0.1) is 10.2 Å². The molecule has 98 valence electrons. The highest BCUT2D eigenvalue weighted by Gasteiger charge is 2.29. The van der Waals surface area contributed by atoms with Crippen molar-refractivity contribution in [3.8, 4) is 11.5 Å². The van der Waals surface area contributed by atoms with Gasteiger partial charge in [0.2, 0.25) is 17.7 Å². The van der Waals surface area contributed by atoms with E-state index in [4.69, 9.17) is 4.42 Å². The summed E-state index contributed by atoms with van der Waals surface area (Å²) < 4.78 is 6.47. The lowest BCUT2D eigenvalue weighted by molar-refractivity contribution is -0.122. The van der Waals surface area contributed by atoms with Gasteiger partial charge in [-0.05, 0) is 31.0 Å². The Morgan fingerprint density at radius 1 is 1.42 bits per heavy atom. The molecule has 1 N–H and O–H groups in total. The quantitative estimate of drug-likeness (QED) is 0.939. The Labute approximate surface area is 118 Å². The molecule has 1 heterocycles. The molecule has 0 unspecified atom stereocenters. The molecular formula is C13H12BrN3O2. The predicted molar refractivity (Wildman–Crippen MR) is 72.0 cm³/mol. The Bertz CT molecular complexity index is 607. The van der Waals surface area contributed by atoms with E-state index < -0.39 is 0 Å². The molecule has 0 saturated heterocycles. The van der Waals surface area contributed by atoms with Gasteiger partial charge in [-0.2, -0.15) is 0 Å². The normalized spacial score (nSPS) is 14.4. The average molecular weight is 322 g/mol. The molecule has 1 saturated carbocycles. The molecule has 6 heteroatoms. The first-order chi connectivity index (χ1) is 9.22. The van der Waals surface area contributed by atoms with Gasteiger partial charge in [0.25, 0.3) is 0 Å². The summed E-state index contributed by atoms with van der Waals surface area (Å²) in [7, 11) is 0. The fourth-order valence-electron chi connectivity index (χ4n) is 1.72. The van der Waals surface area contributed by atoms with Crippen LogP contribution in [0.1, 0.15) is 18.7 Å². The van der Waals surface area contributed by atoms with Gasteiger partial charge >= 0.3 is 0 Å². The lowest BCUT2D eigenvalue weighted by Gasteiger charge is -1.99. The molecule has 0 bridgehead atoms. The van der Waals surface area contributed by atoms with Crippen LogP contribution >= 0.6 is 15.9 Å². The summed E-state index contributed by atoms with van der Waals surface area (Å²) in [6.07, 6.45) is 1.97. The van der Waals surface area contributed by atoms with Gasteiger partial charge in [0.1, 0.15) is 0 Å². The molecule has 0 atom stereocenters. The molecule has 1 aliphatic carbocycles. The van der Waals surface area contributed by atoms with Crippen molar-refractivity contribution in [1.82, 2.24) is 15.5 Å². The summed E-state index contributed by atoms with van der Waals surface area (Å²) in [5.74, 6) is 1.13. The number of amides is 1. The number of aromatic nitrogens is 2. The van der Waals surface area contributed by atoms with Crippen LogP contribution in [0.4, 0.5) is 0 Å². The molecule has 1 fully saturated rings. The van der Waals surface area contributed by atoms with Gasteiger partial charge in [0, 0.05) is 16.0 Å². The summed E-state index contributed by atoms with van der Waals surface area (Å²) >= 11 is 3.39. The maximum Gasteiger partial charge on any atom is 0.247 e. The summed E-state index contributed by atoms with van der Waals surface area (Å²) in [5.41, 5.74) is 0.849. The zero-order chi connectivity index (χ0) is 13.2. The van der Waals surface area contributed by atoms with E-state index in [2.05, 4.69) is 31.4 Å². The van der Waals surface area contributed by atoms with E-state index in [1.807, 2.05) is 24.3 Å². The Morgan fingerprint density at radius 3 is 3.00 bits per heavy atom. The maximum absolute atomic E-state index is 11.5. The van der Waals surface area contributed by atoms with E-state index in [1.165, 1.54) is 0 Å². The minimum atomic E-state index is 0.0715. The van der Waals surface area contributed by atoms with Crippen LogP contribution in [-0.2, 0) is 11.3 Å². The van der Waals surface area contributed by atoms with Crippen LogP contribution in [-0.4, -0.2) is 16.1 Å². The van der Waals surface area contributed by atoms with Crippen molar-refractivity contribution < 1.29 is 9.21 Å². The summed E-state index contributed by atoms with van der Waals surface area (Å²) in [6.45, 7) is 0.288. The first-order valence-electron chi connectivity index (χ1n) is 6.08. The molecule has 0 radical (unpaired) electrons. The highest BCUT2D eigenvalue weighted by molar-refractivity contribution is 9.10. The van der Waals surface area contributed by atoms with Crippen LogP contribution in [0.15, 0.2) is 33.2 Å². The Hall–Kier alpha value is -1.69. The van der Waals surface area contributed by atoms with E-state index >= 15 is 0 Å². The number of carbonyl (C=O) groups is 1. The Balaban J connectivity index is 1.67. The molecule has 2 aromatic rings. The number of nitrogens with one attached hydrogen (secondary N) is 1. The number of hydrogen-bond acceptors (Lipinski definition) is 4. The zero-order valence-corrected chi connectivity index (χ0v) is 11.7. The number of carbonyl (C=O) groups excluding carboxylic acids is 1. The molecule has 1 aromatic heterocycles. The van der Waals surface area contributed by atoms with E-state index in [-0.39, 0.29) is 18.4 Å². The lowest BCUT2D eigenvalue weighted by atomic mass is 10.2. The molecule has 0 aliphatic heterocycles. The molecule has 5 nitrogen and oxygen atoms in total. The van der Waals surface area contributed by atoms with Gasteiger partial charge < -0.3 is 9.73 Å². The van der Waals surface area contributed by atoms with Crippen LogP contribution in [0.3, 0.4) is 0 Å². The number of halogens is 1. The first-order valence-corrected chi connectivity index (χ1v) is 6.88. The van der Waals surface area contributed by atoms with Crippen LogP contribution in [0.5, 0.6) is 0 Å². The second-order valence-corrected chi connectivity index (χ2v) is 5.42. The molecule has 1 amide bonds. The number of benzene rings is 1. The topological polar surface area (TPSA) is 68.0 Å². The highest BCUT2D eigenvalue weighted by atomic mass is 79.9. The third-order valence-electron chi connectivity index (χ3n) is 2.90. The summed E-state index contributed by atoms with van der Waals surface area (Å²) in [6, 6.07) is 7.62. The average Bonchev–Trinajstić information content (AvgIpc) is 3.15. The van der Waals surface area contributed by atoms with Crippen molar-refractivity contribution in [2.45, 2.75) is 19.4 Å². The smallest absolute Gasteiger partial charge is 0.247 e. The van der Waals surface area contributed by atoms with Crippen LogP contribution in [0, 0.1) is 5.92 Å². The second-order valence-electron chi connectivity index (χ2n) is 4.50. The van der Waals surface area contributed by atoms with Crippen molar-refractivity contribution in [2.24, 2.45) is 5.92 Å². The lowest BCUT2D eigenvalue weighted by Crippen LogP contribution is -2.24. The van der Waals surface area contributed by atoms with E-state index in [1.54, 1.807) is 0 Å². The van der Waals surface area contributed by atoms with E-state index in [0.717, 1.165) is 22.9 Å². The largest absolute Gasteiger partial charge is 0.419 e. The third-order valence-corrected chi connectivity index (χ3v) is 3.39. The maximum atomic E-state index is 11.5. The minimum Gasteiger partial charge on any atom is -0.419 e. The Morgan fingerprint density at radius 2 is 2.26 bits per heavy atom. The SMILES string of the molecule is O=C(NCc1nnc(-c2cccc(Br)c2)o1)C1CC1. The van der Waals surface area contributed by atoms with Crippen molar-refractivity contribution >= 4 is 21.8 Å². The fourth-order valence-corrected chi connectivity index (χ4v) is 2.12. The number of hydrogen-bond donors (Lipinski definition) is 1. The zero-order valence-electron chi connectivity index (χ0n) is 10.1. The van der Waals surface area contributed by atoms with Crippen LogP contribution in [0.2, 0.25) is 0 Å². The summed E-state index contributed by atoms with van der Waals surface area (Å²) in [4.78, 5) is 11.5. The Kier molecular flexibility index (Phi) is 3.33. The fraction of sp³-hybridized carbons (Fsp3) is 0.308. The number of nitrogens with zero attached hydrogens (tertiary/aromatic N) is 2. The van der Waals surface area contributed by atoms with E-state index in [9.17, 15) is 4.79 Å². The molecule has 1 aromatic carbocycles. The van der Waals surface area contributed by atoms with Gasteiger partial charge in [-0.3, -0.25) is 4.79 Å². The van der Waals surface area contributed by atoms with Crippen LogP contribution in [0.25, 0.3) is 11.5 Å². The van der Waals surface area contributed by atoms with Crippen molar-refractivity contribution in [2.75, 3.05) is 0 Å².